The van der Waals surface area contributed by atoms with E-state index in [1.54, 1.807) is 4.90 Å². The second-order valence-corrected chi connectivity index (χ2v) is 7.30. The number of benzene rings is 1. The number of nitrogens with zero attached hydrogens (tertiary/aromatic N) is 2. The molecule has 3 rings (SSSR count). The minimum Gasteiger partial charge on any atom is -0.338 e. The highest BCUT2D eigenvalue weighted by Crippen LogP contribution is 2.29. The molecule has 0 unspecified atom stereocenters. The van der Waals surface area contributed by atoms with Crippen LogP contribution in [0, 0.1) is 11.8 Å². The Morgan fingerprint density at radius 1 is 1.21 bits per heavy atom. The van der Waals surface area contributed by atoms with Gasteiger partial charge in [-0.25, -0.2) is 0 Å². The summed E-state index contributed by atoms with van der Waals surface area (Å²) in [7, 11) is 0. The highest BCUT2D eigenvalue weighted by atomic mass is 16.2. The van der Waals surface area contributed by atoms with Gasteiger partial charge in [0.1, 0.15) is 0 Å². The summed E-state index contributed by atoms with van der Waals surface area (Å²) in [5, 5.41) is 0. The van der Waals surface area contributed by atoms with E-state index in [0.29, 0.717) is 18.4 Å². The van der Waals surface area contributed by atoms with Gasteiger partial charge < -0.3 is 9.80 Å². The maximum absolute atomic E-state index is 12.9. The number of carbonyl (C=O) groups is 2. The van der Waals surface area contributed by atoms with E-state index in [9.17, 15) is 9.59 Å². The van der Waals surface area contributed by atoms with Gasteiger partial charge in [0, 0.05) is 30.9 Å². The zero-order valence-electron chi connectivity index (χ0n) is 14.6. The molecule has 0 radical (unpaired) electrons. The van der Waals surface area contributed by atoms with E-state index < -0.39 is 0 Å². The monoisotopic (exact) mass is 326 g/mol. The number of anilines is 1. The minimum atomic E-state index is -0.0753. The normalized spacial score (nSPS) is 23.6. The molecule has 2 amide bonds. The zero-order valence-corrected chi connectivity index (χ0v) is 14.6. The van der Waals surface area contributed by atoms with Gasteiger partial charge in [0.05, 0.1) is 0 Å². The second kappa shape index (κ2) is 6.80. The molecular weight excluding hydrogens is 300 g/mol. The molecule has 1 aromatic carbocycles. The zero-order chi connectivity index (χ0) is 17.3. The Kier molecular flexibility index (Phi) is 4.74. The van der Waals surface area contributed by atoms with Crippen molar-refractivity contribution in [3.63, 3.8) is 0 Å². The molecule has 0 spiro atoms. The lowest BCUT2D eigenvalue weighted by molar-refractivity contribution is -0.114. The second-order valence-electron chi connectivity index (χ2n) is 7.30. The molecule has 2 heterocycles. The van der Waals surface area contributed by atoms with Crippen molar-refractivity contribution >= 4 is 17.5 Å². The summed E-state index contributed by atoms with van der Waals surface area (Å²) >= 11 is 0. The summed E-state index contributed by atoms with van der Waals surface area (Å²) in [6.45, 7) is 10.4. The first kappa shape index (κ1) is 16.7. The lowest BCUT2D eigenvalue weighted by Gasteiger charge is -2.35. The van der Waals surface area contributed by atoms with Crippen LogP contribution in [0.3, 0.4) is 0 Å². The number of fused-ring (bicyclic) bond motifs is 1. The van der Waals surface area contributed by atoms with Crippen molar-refractivity contribution in [2.75, 3.05) is 24.5 Å². The summed E-state index contributed by atoms with van der Waals surface area (Å²) in [6.07, 6.45) is 4.36. The van der Waals surface area contributed by atoms with Crippen LogP contribution in [0.25, 0.3) is 0 Å². The van der Waals surface area contributed by atoms with Crippen molar-refractivity contribution in [2.24, 2.45) is 11.8 Å². The van der Waals surface area contributed by atoms with E-state index in [-0.39, 0.29) is 11.8 Å². The predicted molar refractivity (Wildman–Crippen MR) is 96.2 cm³/mol. The molecule has 0 aliphatic carbocycles. The summed E-state index contributed by atoms with van der Waals surface area (Å²) in [5.41, 5.74) is 2.74. The number of hydrogen-bond acceptors (Lipinski definition) is 2. The fraction of sp³-hybridized carbons (Fsp3) is 0.500. The van der Waals surface area contributed by atoms with Crippen LogP contribution < -0.4 is 4.90 Å². The molecule has 128 valence electrons. The molecule has 0 bridgehead atoms. The molecule has 0 aromatic heterocycles. The first-order valence-electron chi connectivity index (χ1n) is 8.85. The van der Waals surface area contributed by atoms with Crippen LogP contribution in [0.2, 0.25) is 0 Å². The van der Waals surface area contributed by atoms with Gasteiger partial charge in [0.25, 0.3) is 5.91 Å². The maximum Gasteiger partial charge on any atom is 0.253 e. The molecule has 1 saturated heterocycles. The van der Waals surface area contributed by atoms with E-state index in [0.717, 1.165) is 42.7 Å². The number of aryl methyl sites for hydroxylation is 1. The van der Waals surface area contributed by atoms with Crippen LogP contribution in [0.15, 0.2) is 30.9 Å². The number of amides is 2. The van der Waals surface area contributed by atoms with Gasteiger partial charge in [0.2, 0.25) is 5.91 Å². The van der Waals surface area contributed by atoms with Crippen molar-refractivity contribution < 1.29 is 9.59 Å². The largest absolute Gasteiger partial charge is 0.338 e. The third-order valence-corrected chi connectivity index (χ3v) is 5.04. The van der Waals surface area contributed by atoms with Crippen LogP contribution in [0.4, 0.5) is 5.69 Å². The smallest absolute Gasteiger partial charge is 0.253 e. The van der Waals surface area contributed by atoms with E-state index in [2.05, 4.69) is 20.4 Å². The summed E-state index contributed by atoms with van der Waals surface area (Å²) in [4.78, 5) is 28.6. The molecule has 1 fully saturated rings. The van der Waals surface area contributed by atoms with E-state index in [4.69, 9.17) is 0 Å². The van der Waals surface area contributed by atoms with Gasteiger partial charge in [-0.3, -0.25) is 9.59 Å². The molecule has 24 heavy (non-hydrogen) atoms. The third kappa shape index (κ3) is 3.23. The SMILES string of the molecule is C=CC(=O)N1CCCc2cc(C(=O)N3C[C@H](C)C[C@H](C)C3)ccc21. The van der Waals surface area contributed by atoms with Crippen LogP contribution in [0.1, 0.15) is 42.6 Å². The average Bonchev–Trinajstić information content (AvgIpc) is 2.58. The van der Waals surface area contributed by atoms with Gasteiger partial charge >= 0.3 is 0 Å². The predicted octanol–water partition coefficient (Wildman–Crippen LogP) is 3.27. The number of carbonyl (C=O) groups excluding carboxylic acids is 2. The molecule has 4 nitrogen and oxygen atoms in total. The molecule has 1 aromatic rings. The topological polar surface area (TPSA) is 40.6 Å². The van der Waals surface area contributed by atoms with Gasteiger partial charge in [-0.05, 0) is 60.9 Å². The van der Waals surface area contributed by atoms with Gasteiger partial charge in [0.15, 0.2) is 0 Å². The lowest BCUT2D eigenvalue weighted by Crippen LogP contribution is -2.42. The average molecular weight is 326 g/mol. The number of piperidine rings is 1. The van der Waals surface area contributed by atoms with Crippen LogP contribution in [0.5, 0.6) is 0 Å². The standard InChI is InChI=1S/C20H26N2O2/c1-4-19(23)22-9-5-6-16-11-17(7-8-18(16)22)20(24)21-12-14(2)10-15(3)13-21/h4,7-8,11,14-15H,1,5-6,9-10,12-13H2,2-3H3/t14-,15+. The molecule has 4 heteroatoms. The Bertz CT molecular complexity index is 658. The minimum absolute atomic E-state index is 0.0753. The first-order chi connectivity index (χ1) is 11.5. The van der Waals surface area contributed by atoms with Crippen molar-refractivity contribution in [1.82, 2.24) is 4.90 Å². The molecule has 0 saturated carbocycles. The summed E-state index contributed by atoms with van der Waals surface area (Å²) in [6, 6.07) is 5.75. The Morgan fingerprint density at radius 3 is 2.58 bits per heavy atom. The van der Waals surface area contributed by atoms with Crippen LogP contribution >= 0.6 is 0 Å². The van der Waals surface area contributed by atoms with Crippen LogP contribution in [-0.4, -0.2) is 36.3 Å². The molecule has 2 atom stereocenters. The van der Waals surface area contributed by atoms with Gasteiger partial charge in [-0.1, -0.05) is 20.4 Å². The number of likely N-dealkylation sites (tertiary alicyclic amines) is 1. The summed E-state index contributed by atoms with van der Waals surface area (Å²) in [5.74, 6) is 1.14. The first-order valence-corrected chi connectivity index (χ1v) is 8.85. The van der Waals surface area contributed by atoms with Crippen LogP contribution in [-0.2, 0) is 11.2 Å². The fourth-order valence-electron chi connectivity index (χ4n) is 4.08. The highest BCUT2D eigenvalue weighted by molar-refractivity contribution is 6.02. The quantitative estimate of drug-likeness (QED) is 0.783. The Morgan fingerprint density at radius 2 is 1.92 bits per heavy atom. The van der Waals surface area contributed by atoms with E-state index in [1.165, 1.54) is 12.5 Å². The fourth-order valence-corrected chi connectivity index (χ4v) is 4.08. The lowest BCUT2D eigenvalue weighted by atomic mass is 9.91. The Balaban J connectivity index is 1.84. The maximum atomic E-state index is 12.9. The summed E-state index contributed by atoms with van der Waals surface area (Å²) < 4.78 is 0. The highest BCUT2D eigenvalue weighted by Gasteiger charge is 2.27. The third-order valence-electron chi connectivity index (χ3n) is 5.04. The molecule has 0 N–H and O–H groups in total. The van der Waals surface area contributed by atoms with E-state index >= 15 is 0 Å². The van der Waals surface area contributed by atoms with Crippen molar-refractivity contribution in [3.05, 3.63) is 42.0 Å². The van der Waals surface area contributed by atoms with Gasteiger partial charge in [-0.2, -0.15) is 0 Å². The van der Waals surface area contributed by atoms with Crippen molar-refractivity contribution in [1.29, 1.82) is 0 Å². The van der Waals surface area contributed by atoms with E-state index in [1.807, 2.05) is 23.1 Å². The number of rotatable bonds is 2. The molecule has 2 aliphatic rings. The Hall–Kier alpha value is -2.10. The molecule has 2 aliphatic heterocycles. The Labute approximate surface area is 144 Å². The number of hydrogen-bond donors (Lipinski definition) is 0. The van der Waals surface area contributed by atoms with Gasteiger partial charge in [-0.15, -0.1) is 0 Å². The molecular formula is C20H26N2O2. The van der Waals surface area contributed by atoms with Crippen molar-refractivity contribution in [2.45, 2.75) is 33.1 Å². The van der Waals surface area contributed by atoms with Crippen molar-refractivity contribution in [3.8, 4) is 0 Å².